The van der Waals surface area contributed by atoms with Gasteiger partial charge in [0.05, 0.1) is 6.04 Å². The summed E-state index contributed by atoms with van der Waals surface area (Å²) in [6, 6.07) is 43.3. The van der Waals surface area contributed by atoms with Gasteiger partial charge < -0.3 is 0 Å². The Labute approximate surface area is 324 Å². The normalized spacial score (nSPS) is 14.0. The molecule has 0 fully saturated rings. The third kappa shape index (κ3) is 9.38. The fourth-order valence-corrected chi connectivity index (χ4v) is 6.99. The average molecular weight is 707 g/mol. The van der Waals surface area contributed by atoms with Crippen LogP contribution in [-0.4, -0.2) is 11.5 Å². The minimum absolute atomic E-state index is 0.0232. The number of aliphatic imine (C=N–C) groups is 2. The molecule has 0 aromatic heterocycles. The van der Waals surface area contributed by atoms with E-state index in [2.05, 4.69) is 185 Å². The summed E-state index contributed by atoms with van der Waals surface area (Å²) < 4.78 is 0. The standard InChI is InChI=1S/C50H48N2.C2H6/c1-6-10-22-42(30-29-37-20-13-11-14-21-37)50(52-48(9-4)41-23-15-12-16-24-41)51-36(5)44-26-17-25-43-35-47-45(27-18-28-46(47)49(43)44)40-33-31-39(32-34-40)38(8-3)19-7-2;1-2/h6-8,10-34,48H,9,35H2,1-5H3;1-2H3/b10-6-,19-7-,30-29+,38-8+,42-22+,51-36?,52-50?;. The van der Waals surface area contributed by atoms with Gasteiger partial charge in [-0.15, -0.1) is 0 Å². The molecular formula is C52H54N2. The molecule has 0 bridgehead atoms. The van der Waals surface area contributed by atoms with Crippen molar-refractivity contribution in [3.63, 3.8) is 0 Å². The summed E-state index contributed by atoms with van der Waals surface area (Å²) in [5.74, 6) is 0.724. The van der Waals surface area contributed by atoms with Gasteiger partial charge in [0.25, 0.3) is 0 Å². The highest BCUT2D eigenvalue weighted by atomic mass is 14.9. The van der Waals surface area contributed by atoms with Crippen LogP contribution in [0.3, 0.4) is 0 Å². The van der Waals surface area contributed by atoms with Crippen LogP contribution < -0.4 is 0 Å². The summed E-state index contributed by atoms with van der Waals surface area (Å²) in [5, 5.41) is 0. The first-order valence-corrected chi connectivity index (χ1v) is 19.4. The van der Waals surface area contributed by atoms with Crippen molar-refractivity contribution in [3.05, 3.63) is 203 Å². The maximum atomic E-state index is 5.41. The number of benzene rings is 5. The fourth-order valence-electron chi connectivity index (χ4n) is 6.99. The Bertz CT molecular complexity index is 2210. The van der Waals surface area contributed by atoms with Crippen molar-refractivity contribution in [1.29, 1.82) is 0 Å². The molecule has 0 amide bonds. The summed E-state index contributed by atoms with van der Waals surface area (Å²) in [7, 11) is 0. The first kappa shape index (κ1) is 39.3. The van der Waals surface area contributed by atoms with Crippen molar-refractivity contribution >= 4 is 23.2 Å². The molecule has 5 aromatic carbocycles. The SMILES string of the molecule is CC.C\C=C/C=C(\C=C\c1ccccc1)C(=NC(CC)c1ccccc1)N=C(C)c1cccc2c1-c1cccc(-c3ccc(C(/C=C\C)=C/C)cc3)c1C2. The minimum atomic E-state index is -0.0232. The predicted octanol–water partition coefficient (Wildman–Crippen LogP) is 14.5. The molecule has 1 aliphatic rings. The smallest absolute Gasteiger partial charge is 0.155 e. The quantitative estimate of drug-likeness (QED) is 0.0728. The summed E-state index contributed by atoms with van der Waals surface area (Å²) in [5.41, 5.74) is 15.6. The maximum Gasteiger partial charge on any atom is 0.155 e. The van der Waals surface area contributed by atoms with E-state index in [1.807, 2.05) is 32.9 Å². The highest BCUT2D eigenvalue weighted by Gasteiger charge is 2.25. The predicted molar refractivity (Wildman–Crippen MR) is 237 cm³/mol. The molecule has 0 heterocycles. The molecule has 0 saturated heterocycles. The van der Waals surface area contributed by atoms with E-state index in [-0.39, 0.29) is 6.04 Å². The summed E-state index contributed by atoms with van der Waals surface area (Å²) >= 11 is 0. The lowest BCUT2D eigenvalue weighted by Crippen LogP contribution is -2.08. The number of amidine groups is 1. The fraction of sp³-hybridized carbons (Fsp3) is 0.192. The Morgan fingerprint density at radius 1 is 0.722 bits per heavy atom. The Kier molecular flexibility index (Phi) is 14.4. The van der Waals surface area contributed by atoms with Gasteiger partial charge in [-0.2, -0.15) is 0 Å². The zero-order valence-electron chi connectivity index (χ0n) is 33.1. The first-order valence-electron chi connectivity index (χ1n) is 19.4. The van der Waals surface area contributed by atoms with Crippen LogP contribution in [0.1, 0.15) is 94.3 Å². The van der Waals surface area contributed by atoms with Crippen molar-refractivity contribution in [2.24, 2.45) is 9.98 Å². The second-order valence-corrected chi connectivity index (χ2v) is 13.0. The third-order valence-electron chi connectivity index (χ3n) is 9.64. The molecule has 0 aliphatic heterocycles. The molecule has 2 heteroatoms. The molecule has 54 heavy (non-hydrogen) atoms. The molecule has 5 aromatic rings. The Morgan fingerprint density at radius 2 is 1.41 bits per heavy atom. The monoisotopic (exact) mass is 706 g/mol. The second-order valence-electron chi connectivity index (χ2n) is 13.0. The highest BCUT2D eigenvalue weighted by Crippen LogP contribution is 2.43. The number of rotatable bonds is 11. The molecule has 6 rings (SSSR count). The summed E-state index contributed by atoms with van der Waals surface area (Å²) in [6.07, 6.45) is 18.7. The molecule has 2 nitrogen and oxygen atoms in total. The molecule has 0 N–H and O–H groups in total. The highest BCUT2D eigenvalue weighted by molar-refractivity contribution is 6.15. The van der Waals surface area contributed by atoms with Crippen LogP contribution in [-0.2, 0) is 6.42 Å². The van der Waals surface area contributed by atoms with Gasteiger partial charge in [0.15, 0.2) is 5.84 Å². The Balaban J connectivity index is 0.00000276. The molecule has 0 radical (unpaired) electrons. The van der Waals surface area contributed by atoms with Gasteiger partial charge in [-0.1, -0.05) is 191 Å². The van der Waals surface area contributed by atoms with E-state index >= 15 is 0 Å². The van der Waals surface area contributed by atoms with E-state index in [1.165, 1.54) is 50.1 Å². The zero-order chi connectivity index (χ0) is 38.3. The lowest BCUT2D eigenvalue weighted by molar-refractivity contribution is 0.700. The van der Waals surface area contributed by atoms with Crippen LogP contribution in [0.2, 0.25) is 0 Å². The average Bonchev–Trinajstić information content (AvgIpc) is 3.62. The molecule has 1 aliphatic carbocycles. The van der Waals surface area contributed by atoms with E-state index in [4.69, 9.17) is 9.98 Å². The lowest BCUT2D eigenvalue weighted by Gasteiger charge is -2.15. The van der Waals surface area contributed by atoms with E-state index < -0.39 is 0 Å². The van der Waals surface area contributed by atoms with Crippen molar-refractivity contribution < 1.29 is 0 Å². The van der Waals surface area contributed by atoms with E-state index in [1.54, 1.807) is 0 Å². The maximum absolute atomic E-state index is 5.41. The molecule has 0 saturated carbocycles. The Hall–Kier alpha value is -5.86. The molecule has 0 spiro atoms. The molecule has 272 valence electrons. The van der Waals surface area contributed by atoms with Crippen LogP contribution in [0.4, 0.5) is 0 Å². The van der Waals surface area contributed by atoms with Crippen LogP contribution >= 0.6 is 0 Å². The van der Waals surface area contributed by atoms with Gasteiger partial charge in [-0.05, 0) is 96.2 Å². The lowest BCUT2D eigenvalue weighted by atomic mass is 9.93. The van der Waals surface area contributed by atoms with Gasteiger partial charge in [0.2, 0.25) is 0 Å². The van der Waals surface area contributed by atoms with Crippen LogP contribution in [0, 0.1) is 0 Å². The van der Waals surface area contributed by atoms with Gasteiger partial charge in [0.1, 0.15) is 0 Å². The number of fused-ring (bicyclic) bond motifs is 3. The molecule has 1 atom stereocenters. The zero-order valence-corrected chi connectivity index (χ0v) is 33.1. The molecular weight excluding hydrogens is 653 g/mol. The van der Waals surface area contributed by atoms with E-state index in [0.717, 1.165) is 41.1 Å². The van der Waals surface area contributed by atoms with Crippen LogP contribution in [0.5, 0.6) is 0 Å². The van der Waals surface area contributed by atoms with Gasteiger partial charge in [-0.3, -0.25) is 4.99 Å². The van der Waals surface area contributed by atoms with Crippen LogP contribution in [0.15, 0.2) is 179 Å². The second kappa shape index (κ2) is 19.8. The first-order chi connectivity index (χ1) is 26.5. The third-order valence-corrected chi connectivity index (χ3v) is 9.64. The van der Waals surface area contributed by atoms with Crippen molar-refractivity contribution in [1.82, 2.24) is 0 Å². The Morgan fingerprint density at radius 3 is 2.07 bits per heavy atom. The van der Waals surface area contributed by atoms with Crippen molar-refractivity contribution in [2.45, 2.75) is 67.3 Å². The van der Waals surface area contributed by atoms with Gasteiger partial charge in [0, 0.05) is 16.8 Å². The van der Waals surface area contributed by atoms with Crippen molar-refractivity contribution in [3.8, 4) is 22.3 Å². The number of allylic oxidation sites excluding steroid dienone is 7. The number of hydrogen-bond donors (Lipinski definition) is 0. The van der Waals surface area contributed by atoms with Gasteiger partial charge in [-0.25, -0.2) is 4.99 Å². The number of nitrogens with zero attached hydrogens (tertiary/aromatic N) is 2. The topological polar surface area (TPSA) is 24.7 Å². The minimum Gasteiger partial charge on any atom is -0.258 e. The van der Waals surface area contributed by atoms with E-state index in [0.29, 0.717) is 0 Å². The number of hydrogen-bond acceptors (Lipinski definition) is 1. The van der Waals surface area contributed by atoms with Gasteiger partial charge >= 0.3 is 0 Å². The van der Waals surface area contributed by atoms with Crippen molar-refractivity contribution in [2.75, 3.05) is 0 Å². The molecule has 1 unspecified atom stereocenters. The van der Waals surface area contributed by atoms with E-state index in [9.17, 15) is 0 Å². The summed E-state index contributed by atoms with van der Waals surface area (Å²) in [4.78, 5) is 10.8. The largest absolute Gasteiger partial charge is 0.258 e. The van der Waals surface area contributed by atoms with Crippen LogP contribution in [0.25, 0.3) is 33.9 Å². The summed E-state index contributed by atoms with van der Waals surface area (Å²) in [6.45, 7) is 14.5.